The molecule has 1 saturated carbocycles. The van der Waals surface area contributed by atoms with E-state index in [4.69, 9.17) is 5.73 Å². The van der Waals surface area contributed by atoms with Crippen LogP contribution in [0.4, 0.5) is 0 Å². The van der Waals surface area contributed by atoms with E-state index >= 15 is 0 Å². The van der Waals surface area contributed by atoms with Crippen LogP contribution in [0.5, 0.6) is 0 Å². The van der Waals surface area contributed by atoms with E-state index < -0.39 is 0 Å². The van der Waals surface area contributed by atoms with Gasteiger partial charge in [-0.3, -0.25) is 9.69 Å². The number of rotatable bonds is 3. The number of piperidine rings is 1. The molecule has 112 valence electrons. The van der Waals surface area contributed by atoms with Gasteiger partial charge in [0.1, 0.15) is 0 Å². The van der Waals surface area contributed by atoms with E-state index in [1.807, 2.05) is 0 Å². The number of nitrogens with zero attached hydrogens (tertiary/aromatic N) is 1. The summed E-state index contributed by atoms with van der Waals surface area (Å²) in [6.45, 7) is 4.71. The number of carbonyl (C=O) groups is 1. The minimum Gasteiger partial charge on any atom is -0.352 e. The van der Waals surface area contributed by atoms with Crippen LogP contribution in [0.2, 0.25) is 0 Å². The zero-order valence-corrected chi connectivity index (χ0v) is 12.8. The zero-order valence-electron chi connectivity index (χ0n) is 11.9. The molecular formula is C14H28ClN3O. The molecule has 2 rings (SSSR count). The Labute approximate surface area is 122 Å². The molecular weight excluding hydrogens is 262 g/mol. The summed E-state index contributed by atoms with van der Waals surface area (Å²) >= 11 is 0. The highest BCUT2D eigenvalue weighted by Gasteiger charge is 2.22. The van der Waals surface area contributed by atoms with Gasteiger partial charge in [-0.1, -0.05) is 6.92 Å². The van der Waals surface area contributed by atoms with E-state index in [1.54, 1.807) is 0 Å². The molecule has 1 saturated heterocycles. The first-order chi connectivity index (χ1) is 8.63. The summed E-state index contributed by atoms with van der Waals surface area (Å²) in [5, 5.41) is 3.18. The predicted octanol–water partition coefficient (Wildman–Crippen LogP) is 1.53. The Hall–Kier alpha value is -0.320. The fourth-order valence-electron chi connectivity index (χ4n) is 3.12. The Bertz CT molecular complexity index is 280. The molecule has 0 bridgehead atoms. The molecule has 0 aromatic carbocycles. The summed E-state index contributed by atoms with van der Waals surface area (Å²) in [5.74, 6) is 1.02. The van der Waals surface area contributed by atoms with Gasteiger partial charge in [0.2, 0.25) is 5.91 Å². The number of carbonyl (C=O) groups excluding carboxylic acids is 1. The maximum Gasteiger partial charge on any atom is 0.234 e. The minimum absolute atomic E-state index is 0. The molecule has 0 aromatic rings. The van der Waals surface area contributed by atoms with Gasteiger partial charge in [-0.25, -0.2) is 0 Å². The van der Waals surface area contributed by atoms with Crippen LogP contribution in [-0.2, 0) is 4.79 Å². The molecule has 0 spiro atoms. The SMILES string of the molecule is CC1CCC(NC(=O)CN2CCC[C@@H](N)C2)CC1.Cl. The average Bonchev–Trinajstić information content (AvgIpc) is 2.32. The summed E-state index contributed by atoms with van der Waals surface area (Å²) in [7, 11) is 0. The third kappa shape index (κ3) is 5.67. The number of hydrogen-bond donors (Lipinski definition) is 2. The molecule has 1 heterocycles. The van der Waals surface area contributed by atoms with Gasteiger partial charge < -0.3 is 11.1 Å². The van der Waals surface area contributed by atoms with Gasteiger partial charge in [0, 0.05) is 18.6 Å². The summed E-state index contributed by atoms with van der Waals surface area (Å²) in [5.41, 5.74) is 5.93. The quantitative estimate of drug-likeness (QED) is 0.828. The Morgan fingerprint density at radius 3 is 2.58 bits per heavy atom. The van der Waals surface area contributed by atoms with Crippen molar-refractivity contribution in [2.75, 3.05) is 19.6 Å². The van der Waals surface area contributed by atoms with E-state index in [0.29, 0.717) is 12.6 Å². The van der Waals surface area contributed by atoms with Gasteiger partial charge in [0.25, 0.3) is 0 Å². The number of hydrogen-bond acceptors (Lipinski definition) is 3. The smallest absolute Gasteiger partial charge is 0.234 e. The molecule has 19 heavy (non-hydrogen) atoms. The van der Waals surface area contributed by atoms with Gasteiger partial charge in [0.15, 0.2) is 0 Å². The topological polar surface area (TPSA) is 58.4 Å². The van der Waals surface area contributed by atoms with E-state index in [2.05, 4.69) is 17.1 Å². The number of nitrogens with two attached hydrogens (primary N) is 1. The third-order valence-electron chi connectivity index (χ3n) is 4.29. The predicted molar refractivity (Wildman–Crippen MR) is 80.5 cm³/mol. The van der Waals surface area contributed by atoms with Crippen LogP contribution in [0.15, 0.2) is 0 Å². The lowest BCUT2D eigenvalue weighted by molar-refractivity contribution is -0.123. The fraction of sp³-hybridized carbons (Fsp3) is 0.929. The van der Waals surface area contributed by atoms with Crippen molar-refractivity contribution in [2.45, 2.75) is 57.5 Å². The third-order valence-corrected chi connectivity index (χ3v) is 4.29. The molecule has 0 aromatic heterocycles. The zero-order chi connectivity index (χ0) is 13.0. The normalized spacial score (nSPS) is 32.4. The molecule has 1 aliphatic heterocycles. The molecule has 0 unspecified atom stereocenters. The van der Waals surface area contributed by atoms with E-state index in [9.17, 15) is 4.79 Å². The lowest BCUT2D eigenvalue weighted by Gasteiger charge is -2.31. The molecule has 2 fully saturated rings. The molecule has 1 aliphatic carbocycles. The Kier molecular flexibility index (Phi) is 7.11. The van der Waals surface area contributed by atoms with Crippen LogP contribution < -0.4 is 11.1 Å². The molecule has 3 N–H and O–H groups in total. The summed E-state index contributed by atoms with van der Waals surface area (Å²) in [6, 6.07) is 0.661. The molecule has 1 atom stereocenters. The lowest BCUT2D eigenvalue weighted by atomic mass is 9.87. The lowest BCUT2D eigenvalue weighted by Crippen LogP contribution is -2.48. The van der Waals surface area contributed by atoms with Gasteiger partial charge >= 0.3 is 0 Å². The van der Waals surface area contributed by atoms with Gasteiger partial charge in [-0.2, -0.15) is 0 Å². The Balaban J connectivity index is 0.00000180. The van der Waals surface area contributed by atoms with Crippen molar-refractivity contribution in [3.63, 3.8) is 0 Å². The van der Waals surface area contributed by atoms with Gasteiger partial charge in [-0.05, 0) is 51.0 Å². The first-order valence-corrected chi connectivity index (χ1v) is 7.41. The maximum absolute atomic E-state index is 12.0. The average molecular weight is 290 g/mol. The van der Waals surface area contributed by atoms with Crippen LogP contribution in [0.1, 0.15) is 45.4 Å². The second-order valence-electron chi connectivity index (χ2n) is 6.16. The van der Waals surface area contributed by atoms with Gasteiger partial charge in [-0.15, -0.1) is 12.4 Å². The number of nitrogens with one attached hydrogen (secondary N) is 1. The van der Waals surface area contributed by atoms with Crippen molar-refractivity contribution >= 4 is 18.3 Å². The van der Waals surface area contributed by atoms with Crippen LogP contribution >= 0.6 is 12.4 Å². The minimum atomic E-state index is 0. The van der Waals surface area contributed by atoms with Crippen molar-refractivity contribution in [3.05, 3.63) is 0 Å². The molecule has 5 heteroatoms. The highest BCUT2D eigenvalue weighted by atomic mass is 35.5. The molecule has 0 radical (unpaired) electrons. The van der Waals surface area contributed by atoms with Crippen LogP contribution in [-0.4, -0.2) is 42.5 Å². The van der Waals surface area contributed by atoms with Crippen LogP contribution in [0, 0.1) is 5.92 Å². The fourth-order valence-corrected chi connectivity index (χ4v) is 3.12. The van der Waals surface area contributed by atoms with Crippen molar-refractivity contribution in [1.29, 1.82) is 0 Å². The first kappa shape index (κ1) is 16.7. The van der Waals surface area contributed by atoms with E-state index in [1.165, 1.54) is 12.8 Å². The number of halogens is 1. The number of amides is 1. The first-order valence-electron chi connectivity index (χ1n) is 7.41. The maximum atomic E-state index is 12.0. The molecule has 4 nitrogen and oxygen atoms in total. The molecule has 1 amide bonds. The van der Waals surface area contributed by atoms with E-state index in [-0.39, 0.29) is 24.4 Å². The van der Waals surface area contributed by atoms with Crippen LogP contribution in [0.3, 0.4) is 0 Å². The second-order valence-corrected chi connectivity index (χ2v) is 6.16. The number of likely N-dealkylation sites (tertiary alicyclic amines) is 1. The van der Waals surface area contributed by atoms with E-state index in [0.717, 1.165) is 44.7 Å². The summed E-state index contributed by atoms with van der Waals surface area (Å²) in [6.07, 6.45) is 7.01. The van der Waals surface area contributed by atoms with Gasteiger partial charge in [0.05, 0.1) is 6.54 Å². The highest BCUT2D eigenvalue weighted by molar-refractivity contribution is 5.85. The van der Waals surface area contributed by atoms with Crippen molar-refractivity contribution in [2.24, 2.45) is 11.7 Å². The monoisotopic (exact) mass is 289 g/mol. The Morgan fingerprint density at radius 1 is 1.26 bits per heavy atom. The highest BCUT2D eigenvalue weighted by Crippen LogP contribution is 2.23. The van der Waals surface area contributed by atoms with Crippen molar-refractivity contribution in [3.8, 4) is 0 Å². The summed E-state index contributed by atoms with van der Waals surface area (Å²) < 4.78 is 0. The largest absolute Gasteiger partial charge is 0.352 e. The standard InChI is InChI=1S/C14H27N3O.ClH/c1-11-4-6-13(7-5-11)16-14(18)10-17-8-2-3-12(15)9-17;/h11-13H,2-10,15H2,1H3,(H,16,18);1H/t11?,12-,13?;/m1./s1. The van der Waals surface area contributed by atoms with Crippen molar-refractivity contribution < 1.29 is 4.79 Å². The molecule has 2 aliphatic rings. The van der Waals surface area contributed by atoms with Crippen molar-refractivity contribution in [1.82, 2.24) is 10.2 Å². The Morgan fingerprint density at radius 2 is 1.95 bits per heavy atom. The summed E-state index contributed by atoms with van der Waals surface area (Å²) in [4.78, 5) is 14.2. The second kappa shape index (κ2) is 8.08. The van der Waals surface area contributed by atoms with Crippen LogP contribution in [0.25, 0.3) is 0 Å².